The van der Waals surface area contributed by atoms with E-state index in [9.17, 15) is 4.79 Å². The number of hydrogen-bond donors (Lipinski definition) is 0. The van der Waals surface area contributed by atoms with Crippen LogP contribution in [0.2, 0.25) is 0 Å². The maximum absolute atomic E-state index is 11.0. The predicted molar refractivity (Wildman–Crippen MR) is 71.6 cm³/mol. The zero-order chi connectivity index (χ0) is 12.8. The Morgan fingerprint density at radius 3 is 2.78 bits per heavy atom. The minimum Gasteiger partial charge on any atom is -0.490 e. The van der Waals surface area contributed by atoms with E-state index in [2.05, 4.69) is 0 Å². The van der Waals surface area contributed by atoms with Crippen molar-refractivity contribution in [3.05, 3.63) is 46.2 Å². The fourth-order valence-electron chi connectivity index (χ4n) is 1.59. The summed E-state index contributed by atoms with van der Waals surface area (Å²) in [5.74, 6) is 1.13. The second-order valence-corrected chi connectivity index (χ2v) is 4.63. The van der Waals surface area contributed by atoms with E-state index >= 15 is 0 Å². The molecule has 0 saturated carbocycles. The smallest absolute Gasteiger partial charge is 0.172 e. The number of benzene rings is 1. The molecular weight excluding hydrogens is 248 g/mol. The highest BCUT2D eigenvalue weighted by Gasteiger charge is 2.10. The minimum atomic E-state index is 0.447. The van der Waals surface area contributed by atoms with Gasteiger partial charge >= 0.3 is 0 Å². The average molecular weight is 262 g/mol. The van der Waals surface area contributed by atoms with Gasteiger partial charge < -0.3 is 9.47 Å². The van der Waals surface area contributed by atoms with Crippen molar-refractivity contribution in [3.8, 4) is 11.5 Å². The van der Waals surface area contributed by atoms with Gasteiger partial charge in [-0.25, -0.2) is 0 Å². The van der Waals surface area contributed by atoms with Crippen LogP contribution in [0, 0.1) is 0 Å². The van der Waals surface area contributed by atoms with Crippen LogP contribution in [0.3, 0.4) is 0 Å². The van der Waals surface area contributed by atoms with Crippen LogP contribution in [-0.2, 0) is 6.61 Å². The third-order valence-electron chi connectivity index (χ3n) is 2.38. The van der Waals surface area contributed by atoms with Gasteiger partial charge in [0.15, 0.2) is 17.8 Å². The van der Waals surface area contributed by atoms with Crippen LogP contribution in [0.5, 0.6) is 11.5 Å². The molecule has 1 aromatic heterocycles. The summed E-state index contributed by atoms with van der Waals surface area (Å²) in [6.07, 6.45) is 0.784. The van der Waals surface area contributed by atoms with Gasteiger partial charge in [-0.1, -0.05) is 12.1 Å². The molecule has 18 heavy (non-hydrogen) atoms. The molecule has 0 bridgehead atoms. The molecule has 0 aliphatic carbocycles. The van der Waals surface area contributed by atoms with Crippen LogP contribution < -0.4 is 9.47 Å². The Balaban J connectivity index is 2.20. The third-order valence-corrected chi connectivity index (χ3v) is 3.22. The van der Waals surface area contributed by atoms with Crippen molar-refractivity contribution >= 4 is 17.6 Å². The first-order valence-electron chi connectivity index (χ1n) is 5.71. The van der Waals surface area contributed by atoms with Crippen molar-refractivity contribution < 1.29 is 14.3 Å². The maximum Gasteiger partial charge on any atom is 0.172 e. The van der Waals surface area contributed by atoms with Gasteiger partial charge in [0.2, 0.25) is 0 Å². The van der Waals surface area contributed by atoms with Gasteiger partial charge in [-0.3, -0.25) is 4.79 Å². The number of hydrogen-bond acceptors (Lipinski definition) is 4. The lowest BCUT2D eigenvalue weighted by atomic mass is 10.2. The van der Waals surface area contributed by atoms with E-state index in [1.165, 1.54) is 0 Å². The molecular formula is C14H14O3S. The fourth-order valence-corrected chi connectivity index (χ4v) is 2.20. The number of aldehydes is 1. The van der Waals surface area contributed by atoms with E-state index in [4.69, 9.17) is 9.47 Å². The summed E-state index contributed by atoms with van der Waals surface area (Å²) in [5, 5.41) is 1.99. The van der Waals surface area contributed by atoms with Crippen LogP contribution >= 0.6 is 11.3 Å². The molecule has 0 saturated heterocycles. The zero-order valence-electron chi connectivity index (χ0n) is 10.1. The second kappa shape index (κ2) is 6.21. The highest BCUT2D eigenvalue weighted by atomic mass is 32.1. The molecule has 0 radical (unpaired) electrons. The summed E-state index contributed by atoms with van der Waals surface area (Å²) in [5.41, 5.74) is 0.512. The second-order valence-electron chi connectivity index (χ2n) is 3.59. The highest BCUT2D eigenvalue weighted by molar-refractivity contribution is 7.09. The highest BCUT2D eigenvalue weighted by Crippen LogP contribution is 2.31. The first kappa shape index (κ1) is 12.6. The third kappa shape index (κ3) is 2.90. The van der Waals surface area contributed by atoms with Crippen molar-refractivity contribution in [2.24, 2.45) is 0 Å². The van der Waals surface area contributed by atoms with E-state index in [1.54, 1.807) is 29.5 Å². The van der Waals surface area contributed by atoms with Gasteiger partial charge in [0, 0.05) is 4.88 Å². The van der Waals surface area contributed by atoms with Crippen molar-refractivity contribution in [1.29, 1.82) is 0 Å². The number of rotatable bonds is 6. The largest absolute Gasteiger partial charge is 0.490 e. The molecule has 94 valence electrons. The lowest BCUT2D eigenvalue weighted by molar-refractivity contribution is 0.111. The number of carbonyl (C=O) groups excluding carboxylic acids is 1. The van der Waals surface area contributed by atoms with E-state index in [1.807, 2.05) is 24.4 Å². The number of carbonyl (C=O) groups is 1. The number of ether oxygens (including phenoxy) is 2. The molecule has 0 unspecified atom stereocenters. The van der Waals surface area contributed by atoms with Crippen molar-refractivity contribution in [2.75, 3.05) is 6.61 Å². The molecule has 2 aromatic rings. The number of thiophene rings is 1. The normalized spacial score (nSPS) is 10.1. The van der Waals surface area contributed by atoms with Gasteiger partial charge in [-0.15, -0.1) is 11.3 Å². The maximum atomic E-state index is 11.0. The predicted octanol–water partition coefficient (Wildman–Crippen LogP) is 3.54. The van der Waals surface area contributed by atoms with Crippen LogP contribution in [0.1, 0.15) is 22.2 Å². The van der Waals surface area contributed by atoms with Gasteiger partial charge in [0.1, 0.15) is 6.61 Å². The molecule has 0 aliphatic rings. The molecule has 1 heterocycles. The molecule has 0 N–H and O–H groups in total. The van der Waals surface area contributed by atoms with Gasteiger partial charge in [-0.2, -0.15) is 0 Å². The van der Waals surface area contributed by atoms with Gasteiger partial charge in [0.05, 0.1) is 12.2 Å². The average Bonchev–Trinajstić information content (AvgIpc) is 2.90. The summed E-state index contributed by atoms with van der Waals surface area (Å²) in [4.78, 5) is 12.1. The molecule has 0 atom stereocenters. The fraction of sp³-hybridized carbons (Fsp3) is 0.214. The first-order chi connectivity index (χ1) is 8.85. The van der Waals surface area contributed by atoms with Crippen LogP contribution in [0.25, 0.3) is 0 Å². The summed E-state index contributed by atoms with van der Waals surface area (Å²) < 4.78 is 11.2. The lowest BCUT2D eigenvalue weighted by Gasteiger charge is -2.12. The van der Waals surface area contributed by atoms with E-state index in [-0.39, 0.29) is 0 Å². The zero-order valence-corrected chi connectivity index (χ0v) is 10.9. The summed E-state index contributed by atoms with van der Waals surface area (Å²) in [7, 11) is 0. The topological polar surface area (TPSA) is 35.5 Å². The van der Waals surface area contributed by atoms with E-state index < -0.39 is 0 Å². The Morgan fingerprint density at radius 1 is 1.22 bits per heavy atom. The van der Waals surface area contributed by atoms with Gasteiger partial charge in [0.25, 0.3) is 0 Å². The first-order valence-corrected chi connectivity index (χ1v) is 6.59. The van der Waals surface area contributed by atoms with Crippen LogP contribution in [0.15, 0.2) is 35.7 Å². The minimum absolute atomic E-state index is 0.447. The van der Waals surface area contributed by atoms with Crippen molar-refractivity contribution in [2.45, 2.75) is 13.5 Å². The molecule has 1 aromatic carbocycles. The molecule has 0 amide bonds. The van der Waals surface area contributed by atoms with Crippen molar-refractivity contribution in [1.82, 2.24) is 0 Å². The molecule has 0 fully saturated rings. The Bertz CT molecular complexity index is 506. The van der Waals surface area contributed by atoms with E-state index in [0.717, 1.165) is 11.2 Å². The van der Waals surface area contributed by atoms with E-state index in [0.29, 0.717) is 30.3 Å². The Labute approximate surface area is 110 Å². The lowest BCUT2D eigenvalue weighted by Crippen LogP contribution is -2.01. The SMILES string of the molecule is CCOc1cccc(C=O)c1OCc1cccs1. The molecule has 3 nitrogen and oxygen atoms in total. The van der Waals surface area contributed by atoms with Crippen LogP contribution in [0.4, 0.5) is 0 Å². The van der Waals surface area contributed by atoms with Crippen molar-refractivity contribution in [3.63, 3.8) is 0 Å². The summed E-state index contributed by atoms with van der Waals surface area (Å²) in [6.45, 7) is 2.89. The standard InChI is InChI=1S/C14H14O3S/c1-2-16-13-7-3-5-11(9-15)14(13)17-10-12-6-4-8-18-12/h3-9H,2,10H2,1H3. The molecule has 0 spiro atoms. The quantitative estimate of drug-likeness (QED) is 0.747. The monoisotopic (exact) mass is 262 g/mol. The Morgan fingerprint density at radius 2 is 2.11 bits per heavy atom. The summed E-state index contributed by atoms with van der Waals surface area (Å²) in [6, 6.07) is 9.28. The summed E-state index contributed by atoms with van der Waals surface area (Å²) >= 11 is 1.62. The molecule has 0 aliphatic heterocycles. The Hall–Kier alpha value is -1.81. The Kier molecular flexibility index (Phi) is 4.36. The molecule has 4 heteroatoms. The van der Waals surface area contributed by atoms with Crippen LogP contribution in [-0.4, -0.2) is 12.9 Å². The van der Waals surface area contributed by atoms with Gasteiger partial charge in [-0.05, 0) is 30.5 Å². The number of para-hydroxylation sites is 1. The molecule has 2 rings (SSSR count).